The predicted molar refractivity (Wildman–Crippen MR) is 108 cm³/mol. The molecule has 2 aromatic carbocycles. The van der Waals surface area contributed by atoms with Crippen LogP contribution in [-0.4, -0.2) is 57.4 Å². The highest BCUT2D eigenvalue weighted by atomic mass is 32.2. The first-order chi connectivity index (χ1) is 15.0. The lowest BCUT2D eigenvalue weighted by molar-refractivity contribution is -0.384. The summed E-state index contributed by atoms with van der Waals surface area (Å²) < 4.78 is 74.0. The van der Waals surface area contributed by atoms with Crippen molar-refractivity contribution in [3.8, 4) is 5.75 Å². The molecule has 9 nitrogen and oxygen atoms in total. The quantitative estimate of drug-likeness (QED) is 0.448. The lowest BCUT2D eigenvalue weighted by atomic mass is 10.1. The van der Waals surface area contributed by atoms with E-state index in [0.717, 1.165) is 12.1 Å². The molecule has 0 spiro atoms. The molecule has 0 aromatic heterocycles. The number of benzene rings is 2. The summed E-state index contributed by atoms with van der Waals surface area (Å²) in [6, 6.07) is 8.88. The van der Waals surface area contributed by atoms with Gasteiger partial charge < -0.3 is 14.4 Å². The van der Waals surface area contributed by atoms with E-state index in [2.05, 4.69) is 4.74 Å². The van der Waals surface area contributed by atoms with Crippen molar-refractivity contribution in [3.05, 3.63) is 58.1 Å². The van der Waals surface area contributed by atoms with Crippen LogP contribution in [0.3, 0.4) is 0 Å². The molecule has 0 amide bonds. The van der Waals surface area contributed by atoms with Crippen LogP contribution in [-0.2, 0) is 21.3 Å². The minimum Gasteiger partial charge on any atom is -0.405 e. The third-order valence-electron chi connectivity index (χ3n) is 4.77. The number of sulfonamides is 1. The van der Waals surface area contributed by atoms with Gasteiger partial charge >= 0.3 is 6.36 Å². The Morgan fingerprint density at radius 3 is 2.47 bits per heavy atom. The summed E-state index contributed by atoms with van der Waals surface area (Å²) in [6.07, 6.45) is -4.89. The van der Waals surface area contributed by atoms with Crippen molar-refractivity contribution in [3.63, 3.8) is 0 Å². The number of morpholine rings is 1. The van der Waals surface area contributed by atoms with Gasteiger partial charge in [-0.25, -0.2) is 8.42 Å². The molecular formula is C19H20F3N3O6S. The molecule has 3 rings (SSSR count). The number of nitrogens with zero attached hydrogens (tertiary/aromatic N) is 3. The molecule has 0 unspecified atom stereocenters. The van der Waals surface area contributed by atoms with Crippen LogP contribution >= 0.6 is 0 Å². The van der Waals surface area contributed by atoms with Crippen molar-refractivity contribution in [1.29, 1.82) is 0 Å². The summed E-state index contributed by atoms with van der Waals surface area (Å²) in [6.45, 7) is 0.563. The number of para-hydroxylation sites is 1. The summed E-state index contributed by atoms with van der Waals surface area (Å²) in [5.41, 5.74) is -0.305. The molecule has 1 fully saturated rings. The van der Waals surface area contributed by atoms with Gasteiger partial charge in [0.05, 0.1) is 23.0 Å². The number of nitro benzene ring substituents is 1. The van der Waals surface area contributed by atoms with E-state index in [4.69, 9.17) is 4.74 Å². The van der Waals surface area contributed by atoms with Crippen LogP contribution in [0.2, 0.25) is 0 Å². The van der Waals surface area contributed by atoms with E-state index < -0.39 is 32.7 Å². The lowest BCUT2D eigenvalue weighted by Gasteiger charge is -2.26. The number of anilines is 1. The normalized spacial score (nSPS) is 15.4. The van der Waals surface area contributed by atoms with E-state index in [1.165, 1.54) is 46.6 Å². The molecule has 1 aliphatic heterocycles. The van der Waals surface area contributed by atoms with Gasteiger partial charge in [0.15, 0.2) is 0 Å². The van der Waals surface area contributed by atoms with Crippen LogP contribution in [0.4, 0.5) is 24.5 Å². The summed E-state index contributed by atoms with van der Waals surface area (Å²) >= 11 is 0. The Hall–Kier alpha value is -2.90. The predicted octanol–water partition coefficient (Wildman–Crippen LogP) is 3.15. The number of rotatable bonds is 7. The van der Waals surface area contributed by atoms with Crippen molar-refractivity contribution >= 4 is 21.4 Å². The summed E-state index contributed by atoms with van der Waals surface area (Å²) in [5, 5.41) is 11.7. The largest absolute Gasteiger partial charge is 0.573 e. The first-order valence-electron chi connectivity index (χ1n) is 9.40. The fourth-order valence-corrected chi connectivity index (χ4v) is 4.70. The van der Waals surface area contributed by atoms with Gasteiger partial charge in [0.25, 0.3) is 5.69 Å². The monoisotopic (exact) mass is 475 g/mol. The van der Waals surface area contributed by atoms with Crippen LogP contribution in [0.25, 0.3) is 0 Å². The van der Waals surface area contributed by atoms with Gasteiger partial charge in [-0.15, -0.1) is 13.2 Å². The highest BCUT2D eigenvalue weighted by molar-refractivity contribution is 7.89. The zero-order valence-electron chi connectivity index (χ0n) is 16.9. The zero-order valence-corrected chi connectivity index (χ0v) is 17.7. The summed E-state index contributed by atoms with van der Waals surface area (Å²) in [5.74, 6) is -0.430. The van der Waals surface area contributed by atoms with Gasteiger partial charge in [0.2, 0.25) is 10.0 Å². The Balaban J connectivity index is 1.91. The number of ether oxygens (including phenoxy) is 2. The smallest absolute Gasteiger partial charge is 0.405 e. The molecule has 0 saturated carbocycles. The zero-order chi connectivity index (χ0) is 23.5. The minimum atomic E-state index is -4.89. The number of nitro groups is 1. The standard InChI is InChI=1S/C19H20F3N3O6S/c1-23(13-14-4-2-3-5-18(14)31-19(20,21)22)16-7-6-15(12-17(16)25(26)27)32(28,29)24-8-10-30-11-9-24/h2-7,12H,8-11,13H2,1H3. The summed E-state index contributed by atoms with van der Waals surface area (Å²) in [4.78, 5) is 12.0. The fraction of sp³-hybridized carbons (Fsp3) is 0.368. The molecule has 32 heavy (non-hydrogen) atoms. The van der Waals surface area contributed by atoms with Crippen molar-refractivity contribution in [2.75, 3.05) is 38.3 Å². The molecule has 0 aliphatic carbocycles. The molecule has 0 atom stereocenters. The maximum Gasteiger partial charge on any atom is 0.573 e. The summed E-state index contributed by atoms with van der Waals surface area (Å²) in [7, 11) is -2.51. The second-order valence-corrected chi connectivity index (χ2v) is 8.87. The Morgan fingerprint density at radius 1 is 1.19 bits per heavy atom. The maximum absolute atomic E-state index is 12.8. The highest BCUT2D eigenvalue weighted by Crippen LogP contribution is 2.34. The molecular weight excluding hydrogens is 455 g/mol. The molecule has 174 valence electrons. The van der Waals surface area contributed by atoms with E-state index in [1.807, 2.05) is 0 Å². The second-order valence-electron chi connectivity index (χ2n) is 6.94. The molecule has 1 saturated heterocycles. The lowest BCUT2D eigenvalue weighted by Crippen LogP contribution is -2.40. The highest BCUT2D eigenvalue weighted by Gasteiger charge is 2.33. The SMILES string of the molecule is CN(Cc1ccccc1OC(F)(F)F)c1ccc(S(=O)(=O)N2CCOCC2)cc1[N+](=O)[O-]. The van der Waals surface area contributed by atoms with Gasteiger partial charge in [0.1, 0.15) is 11.4 Å². The molecule has 1 aliphatic rings. The Morgan fingerprint density at radius 2 is 1.84 bits per heavy atom. The Bertz CT molecular complexity index is 1090. The Labute approximate surface area is 182 Å². The van der Waals surface area contributed by atoms with E-state index >= 15 is 0 Å². The maximum atomic E-state index is 12.8. The van der Waals surface area contributed by atoms with Crippen molar-refractivity contribution in [2.24, 2.45) is 0 Å². The number of halogens is 3. The molecule has 0 N–H and O–H groups in total. The third kappa shape index (κ3) is 5.47. The van der Waals surface area contributed by atoms with E-state index in [-0.39, 0.29) is 49.0 Å². The van der Waals surface area contributed by atoms with Gasteiger partial charge in [-0.1, -0.05) is 18.2 Å². The average Bonchev–Trinajstić information content (AvgIpc) is 2.74. The first-order valence-corrected chi connectivity index (χ1v) is 10.8. The Kier molecular flexibility index (Phi) is 6.91. The molecule has 0 bridgehead atoms. The minimum absolute atomic E-state index is 0.0396. The number of alkyl halides is 3. The fourth-order valence-electron chi connectivity index (χ4n) is 3.27. The molecule has 1 heterocycles. The van der Waals surface area contributed by atoms with Gasteiger partial charge in [0, 0.05) is 38.3 Å². The van der Waals surface area contributed by atoms with Gasteiger partial charge in [-0.2, -0.15) is 4.31 Å². The third-order valence-corrected chi connectivity index (χ3v) is 6.66. The van der Waals surface area contributed by atoms with E-state index in [1.54, 1.807) is 0 Å². The van der Waals surface area contributed by atoms with Crippen LogP contribution < -0.4 is 9.64 Å². The number of hydrogen-bond donors (Lipinski definition) is 0. The van der Waals surface area contributed by atoms with Crippen LogP contribution in [0.1, 0.15) is 5.56 Å². The van der Waals surface area contributed by atoms with Gasteiger partial charge in [-0.3, -0.25) is 10.1 Å². The van der Waals surface area contributed by atoms with Crippen molar-refractivity contribution in [1.82, 2.24) is 4.31 Å². The topological polar surface area (TPSA) is 102 Å². The van der Waals surface area contributed by atoms with E-state index in [0.29, 0.717) is 0 Å². The average molecular weight is 475 g/mol. The molecule has 2 aromatic rings. The van der Waals surface area contributed by atoms with Crippen molar-refractivity contribution < 1.29 is 36.0 Å². The van der Waals surface area contributed by atoms with Crippen LogP contribution in [0.5, 0.6) is 5.75 Å². The van der Waals surface area contributed by atoms with Crippen LogP contribution in [0.15, 0.2) is 47.4 Å². The van der Waals surface area contributed by atoms with Crippen molar-refractivity contribution in [2.45, 2.75) is 17.8 Å². The molecule has 0 radical (unpaired) electrons. The second kappa shape index (κ2) is 9.30. The van der Waals surface area contributed by atoms with Gasteiger partial charge in [-0.05, 0) is 18.2 Å². The van der Waals surface area contributed by atoms with E-state index in [9.17, 15) is 31.7 Å². The van der Waals surface area contributed by atoms with Crippen LogP contribution in [0, 0.1) is 10.1 Å². The molecule has 13 heteroatoms. The first kappa shape index (κ1) is 23.8. The number of hydrogen-bond acceptors (Lipinski definition) is 7.